The fraction of sp³-hybridized carbons (Fsp3) is 0.185. The smallest absolute Gasteiger partial charge is 0.408 e. The van der Waals surface area contributed by atoms with Gasteiger partial charge in [0.2, 0.25) is 5.91 Å². The minimum absolute atomic E-state index is 0.0428. The summed E-state index contributed by atoms with van der Waals surface area (Å²) in [5, 5.41) is 4.99. The SMILES string of the molecule is Cc1ccc(C(=O)ONC(=O)CNC(=O)C(Cc2ccccc2)NC(=O)OCc2ccccc2)cc1. The van der Waals surface area contributed by atoms with Crippen molar-refractivity contribution in [1.82, 2.24) is 16.1 Å². The molecule has 0 saturated carbocycles. The van der Waals surface area contributed by atoms with Crippen LogP contribution in [-0.2, 0) is 32.2 Å². The van der Waals surface area contributed by atoms with Crippen molar-refractivity contribution < 1.29 is 28.8 Å². The zero-order valence-electron chi connectivity index (χ0n) is 19.7. The number of ether oxygens (including phenoxy) is 1. The van der Waals surface area contributed by atoms with Gasteiger partial charge in [-0.1, -0.05) is 78.4 Å². The van der Waals surface area contributed by atoms with E-state index in [1.807, 2.05) is 73.1 Å². The molecule has 1 atom stereocenters. The van der Waals surface area contributed by atoms with Gasteiger partial charge in [0.25, 0.3) is 5.91 Å². The number of alkyl carbamates (subject to hydrolysis) is 1. The molecule has 0 aromatic heterocycles. The predicted octanol–water partition coefficient (Wildman–Crippen LogP) is 2.84. The number of hydroxylamine groups is 1. The number of hydrogen-bond acceptors (Lipinski definition) is 6. The van der Waals surface area contributed by atoms with Crippen molar-refractivity contribution in [1.29, 1.82) is 0 Å². The maximum Gasteiger partial charge on any atom is 0.408 e. The van der Waals surface area contributed by atoms with Gasteiger partial charge in [0, 0.05) is 6.42 Å². The fourth-order valence-electron chi connectivity index (χ4n) is 3.14. The van der Waals surface area contributed by atoms with E-state index >= 15 is 0 Å². The summed E-state index contributed by atoms with van der Waals surface area (Å²) in [6.45, 7) is 1.45. The highest BCUT2D eigenvalue weighted by atomic mass is 16.7. The number of carbonyl (C=O) groups is 4. The average molecular weight is 490 g/mol. The van der Waals surface area contributed by atoms with Gasteiger partial charge >= 0.3 is 12.1 Å². The van der Waals surface area contributed by atoms with Crippen molar-refractivity contribution in [2.45, 2.75) is 26.0 Å². The number of amides is 3. The van der Waals surface area contributed by atoms with E-state index < -0.39 is 36.5 Å². The number of rotatable bonds is 9. The van der Waals surface area contributed by atoms with E-state index in [0.29, 0.717) is 0 Å². The van der Waals surface area contributed by atoms with Gasteiger partial charge < -0.3 is 20.2 Å². The first-order chi connectivity index (χ1) is 17.4. The number of aryl methyl sites for hydroxylation is 1. The third kappa shape index (κ3) is 8.60. The van der Waals surface area contributed by atoms with Crippen LogP contribution in [0.15, 0.2) is 84.9 Å². The van der Waals surface area contributed by atoms with E-state index in [4.69, 9.17) is 9.57 Å². The largest absolute Gasteiger partial charge is 0.445 e. The van der Waals surface area contributed by atoms with Crippen LogP contribution in [0, 0.1) is 6.92 Å². The standard InChI is InChI=1S/C27H27N3O6/c1-19-12-14-22(15-13-19)26(33)36-30-24(31)17-28-25(32)23(16-20-8-4-2-5-9-20)29-27(34)35-18-21-10-6-3-7-11-21/h2-15,23H,16-18H2,1H3,(H,28,32)(H,29,34)(H,30,31). The van der Waals surface area contributed by atoms with Crippen molar-refractivity contribution in [3.8, 4) is 0 Å². The van der Waals surface area contributed by atoms with Crippen LogP contribution in [-0.4, -0.2) is 36.5 Å². The lowest BCUT2D eigenvalue weighted by Crippen LogP contribution is -2.50. The zero-order valence-corrected chi connectivity index (χ0v) is 19.7. The molecule has 0 heterocycles. The maximum absolute atomic E-state index is 12.8. The topological polar surface area (TPSA) is 123 Å². The molecule has 9 heteroatoms. The Labute approximate surface area is 208 Å². The van der Waals surface area contributed by atoms with Gasteiger partial charge in [-0.25, -0.2) is 9.59 Å². The second kappa shape index (κ2) is 13.3. The van der Waals surface area contributed by atoms with Gasteiger partial charge in [0.1, 0.15) is 12.6 Å². The summed E-state index contributed by atoms with van der Waals surface area (Å²) in [5.41, 5.74) is 4.85. The van der Waals surface area contributed by atoms with Gasteiger partial charge in [-0.3, -0.25) is 9.59 Å². The second-order valence-electron chi connectivity index (χ2n) is 7.95. The van der Waals surface area contributed by atoms with Gasteiger partial charge in [-0.2, -0.15) is 5.48 Å². The first kappa shape index (κ1) is 26.0. The Morgan fingerprint density at radius 2 is 1.42 bits per heavy atom. The number of benzene rings is 3. The van der Waals surface area contributed by atoms with E-state index in [2.05, 4.69) is 10.6 Å². The molecule has 3 amide bonds. The molecule has 36 heavy (non-hydrogen) atoms. The molecule has 0 aliphatic carbocycles. The Morgan fingerprint density at radius 1 is 0.806 bits per heavy atom. The first-order valence-corrected chi connectivity index (χ1v) is 11.3. The second-order valence-corrected chi connectivity index (χ2v) is 7.95. The number of hydrogen-bond donors (Lipinski definition) is 3. The van der Waals surface area contributed by atoms with Crippen molar-refractivity contribution >= 4 is 23.9 Å². The highest BCUT2D eigenvalue weighted by molar-refractivity contribution is 5.92. The molecular weight excluding hydrogens is 462 g/mol. The summed E-state index contributed by atoms with van der Waals surface area (Å²) >= 11 is 0. The van der Waals surface area contributed by atoms with Crippen LogP contribution in [0.1, 0.15) is 27.0 Å². The highest BCUT2D eigenvalue weighted by Crippen LogP contribution is 2.06. The molecule has 9 nitrogen and oxygen atoms in total. The Bertz CT molecular complexity index is 1170. The summed E-state index contributed by atoms with van der Waals surface area (Å²) in [6, 6.07) is 23.8. The Morgan fingerprint density at radius 3 is 2.06 bits per heavy atom. The first-order valence-electron chi connectivity index (χ1n) is 11.3. The molecule has 186 valence electrons. The molecular formula is C27H27N3O6. The minimum atomic E-state index is -1.00. The van der Waals surface area contributed by atoms with E-state index in [-0.39, 0.29) is 18.6 Å². The van der Waals surface area contributed by atoms with Crippen LogP contribution >= 0.6 is 0 Å². The fourth-order valence-corrected chi connectivity index (χ4v) is 3.14. The predicted molar refractivity (Wildman–Crippen MR) is 131 cm³/mol. The molecule has 0 saturated heterocycles. The lowest BCUT2D eigenvalue weighted by molar-refractivity contribution is -0.132. The molecule has 1 unspecified atom stereocenters. The van der Waals surface area contributed by atoms with Crippen molar-refractivity contribution in [3.05, 3.63) is 107 Å². The summed E-state index contributed by atoms with van der Waals surface area (Å²) in [7, 11) is 0. The van der Waals surface area contributed by atoms with Crippen LogP contribution in [0.25, 0.3) is 0 Å². The van der Waals surface area contributed by atoms with Crippen LogP contribution < -0.4 is 16.1 Å². The van der Waals surface area contributed by atoms with Crippen LogP contribution in [0.4, 0.5) is 4.79 Å². The molecule has 3 aromatic rings. The van der Waals surface area contributed by atoms with Gasteiger partial charge in [0.05, 0.1) is 12.1 Å². The molecule has 3 aromatic carbocycles. The van der Waals surface area contributed by atoms with Crippen LogP contribution in [0.5, 0.6) is 0 Å². The lowest BCUT2D eigenvalue weighted by atomic mass is 10.1. The monoisotopic (exact) mass is 489 g/mol. The Balaban J connectivity index is 1.51. The number of carbonyl (C=O) groups excluding carboxylic acids is 4. The van der Waals surface area contributed by atoms with Crippen LogP contribution in [0.3, 0.4) is 0 Å². The van der Waals surface area contributed by atoms with Crippen molar-refractivity contribution in [3.63, 3.8) is 0 Å². The van der Waals surface area contributed by atoms with Gasteiger partial charge in [-0.15, -0.1) is 0 Å². The van der Waals surface area contributed by atoms with Crippen LogP contribution in [0.2, 0.25) is 0 Å². The molecule has 0 aliphatic rings. The average Bonchev–Trinajstić information content (AvgIpc) is 2.90. The molecule has 0 fully saturated rings. The van der Waals surface area contributed by atoms with Crippen molar-refractivity contribution in [2.75, 3.05) is 6.54 Å². The Hall–Kier alpha value is -4.66. The van der Waals surface area contributed by atoms with E-state index in [0.717, 1.165) is 16.7 Å². The molecule has 0 bridgehead atoms. The molecule has 0 spiro atoms. The maximum atomic E-state index is 12.8. The molecule has 3 rings (SSSR count). The third-order valence-electron chi connectivity index (χ3n) is 5.07. The highest BCUT2D eigenvalue weighted by Gasteiger charge is 2.23. The van der Waals surface area contributed by atoms with Crippen molar-refractivity contribution in [2.24, 2.45) is 0 Å². The quantitative estimate of drug-likeness (QED) is 0.397. The molecule has 0 aliphatic heterocycles. The van der Waals surface area contributed by atoms with E-state index in [1.54, 1.807) is 24.3 Å². The molecule has 3 N–H and O–H groups in total. The summed E-state index contributed by atoms with van der Waals surface area (Å²) in [5.74, 6) is -2.08. The molecule has 0 radical (unpaired) electrons. The van der Waals surface area contributed by atoms with E-state index in [9.17, 15) is 19.2 Å². The lowest BCUT2D eigenvalue weighted by Gasteiger charge is -2.18. The van der Waals surface area contributed by atoms with Gasteiger partial charge in [0.15, 0.2) is 0 Å². The summed E-state index contributed by atoms with van der Waals surface area (Å²) < 4.78 is 5.22. The minimum Gasteiger partial charge on any atom is -0.445 e. The van der Waals surface area contributed by atoms with E-state index in [1.165, 1.54) is 0 Å². The number of nitrogens with one attached hydrogen (secondary N) is 3. The third-order valence-corrected chi connectivity index (χ3v) is 5.07. The zero-order chi connectivity index (χ0) is 25.8. The normalized spacial score (nSPS) is 11.0. The summed E-state index contributed by atoms with van der Waals surface area (Å²) in [6.07, 6.45) is -0.594. The Kier molecular flexibility index (Phi) is 9.58. The van der Waals surface area contributed by atoms with Gasteiger partial charge in [-0.05, 0) is 30.2 Å². The summed E-state index contributed by atoms with van der Waals surface area (Å²) in [4.78, 5) is 54.0.